The third kappa shape index (κ3) is 5.82. The molecule has 7 nitrogen and oxygen atoms in total. The van der Waals surface area contributed by atoms with Gasteiger partial charge in [-0.1, -0.05) is 12.1 Å². The molecule has 0 unspecified atom stereocenters. The molecular weight excluding hydrogens is 426 g/mol. The van der Waals surface area contributed by atoms with Gasteiger partial charge in [0.1, 0.15) is 24.7 Å². The predicted molar refractivity (Wildman–Crippen MR) is 126 cm³/mol. The fraction of sp³-hybridized carbons (Fsp3) is 0.417. The van der Waals surface area contributed by atoms with E-state index in [0.29, 0.717) is 31.2 Å². The number of thiophene rings is 1. The minimum atomic E-state index is -0.273. The highest BCUT2D eigenvalue weighted by molar-refractivity contribution is 7.10. The highest BCUT2D eigenvalue weighted by Gasteiger charge is 2.33. The maximum Gasteiger partial charge on any atom is 0.318 e. The maximum atomic E-state index is 13.3. The molecule has 0 spiro atoms. The van der Waals surface area contributed by atoms with Gasteiger partial charge in [0, 0.05) is 30.1 Å². The molecule has 2 aromatic rings. The number of rotatable bonds is 9. The van der Waals surface area contributed by atoms with E-state index in [1.807, 2.05) is 43.0 Å². The van der Waals surface area contributed by atoms with Gasteiger partial charge in [-0.05, 0) is 49.4 Å². The van der Waals surface area contributed by atoms with Crippen molar-refractivity contribution in [2.24, 2.45) is 0 Å². The van der Waals surface area contributed by atoms with Crippen LogP contribution in [-0.4, -0.2) is 61.1 Å². The number of hydrogen-bond donors (Lipinski definition) is 1. The minimum Gasteiger partial charge on any atom is -0.497 e. The van der Waals surface area contributed by atoms with E-state index in [0.717, 1.165) is 12.0 Å². The summed E-state index contributed by atoms with van der Waals surface area (Å²) in [6.07, 6.45) is 2.43. The first kappa shape index (κ1) is 23.7. The number of carbonyl (C=O) groups excluding carboxylic acids is 2. The monoisotopic (exact) mass is 457 g/mol. The van der Waals surface area contributed by atoms with Gasteiger partial charge in [0.2, 0.25) is 5.91 Å². The van der Waals surface area contributed by atoms with Gasteiger partial charge in [-0.25, -0.2) is 4.79 Å². The number of fused-ring (bicyclic) bond motifs is 1. The largest absolute Gasteiger partial charge is 0.497 e. The van der Waals surface area contributed by atoms with Gasteiger partial charge in [0.05, 0.1) is 13.2 Å². The van der Waals surface area contributed by atoms with Crippen LogP contribution < -0.4 is 14.8 Å². The second-order valence-electron chi connectivity index (χ2n) is 7.92. The van der Waals surface area contributed by atoms with Crippen molar-refractivity contribution in [1.29, 1.82) is 0 Å². The number of ether oxygens (including phenoxy) is 2. The molecule has 1 atom stereocenters. The van der Waals surface area contributed by atoms with Crippen LogP contribution in [0.2, 0.25) is 0 Å². The molecule has 3 rings (SSSR count). The fourth-order valence-electron chi connectivity index (χ4n) is 3.71. The lowest BCUT2D eigenvalue weighted by Gasteiger charge is -2.37. The number of nitrogens with zero attached hydrogens (tertiary/aromatic N) is 2. The highest BCUT2D eigenvalue weighted by Crippen LogP contribution is 2.34. The zero-order chi connectivity index (χ0) is 23.1. The standard InChI is InChI=1S/C24H31N3O4S/c1-5-11-26(24(29)25-17(2)3)15-23(28)27-12-9-22-20(10-13-32-22)21(27)16-31-19-8-6-7-18(14-19)30-4/h5-8,10,13-14,17,21H,1,9,11-12,15-16H2,2-4H3,(H,25,29)/t21-/m1/s1. The molecule has 3 amide bonds. The number of carbonyl (C=O) groups is 2. The lowest BCUT2D eigenvalue weighted by molar-refractivity contribution is -0.135. The van der Waals surface area contributed by atoms with Crippen LogP contribution in [-0.2, 0) is 11.2 Å². The summed E-state index contributed by atoms with van der Waals surface area (Å²) in [6, 6.07) is 8.97. The molecule has 0 saturated heterocycles. The Kier molecular flexibility index (Phi) is 8.16. The first-order valence-corrected chi connectivity index (χ1v) is 11.6. The summed E-state index contributed by atoms with van der Waals surface area (Å²) in [6.45, 7) is 8.70. The van der Waals surface area contributed by atoms with Gasteiger partial charge in [-0.3, -0.25) is 4.79 Å². The Hall–Kier alpha value is -3.00. The average molecular weight is 458 g/mol. The summed E-state index contributed by atoms with van der Waals surface area (Å²) in [5, 5.41) is 4.90. The predicted octanol–water partition coefficient (Wildman–Crippen LogP) is 3.87. The van der Waals surface area contributed by atoms with E-state index >= 15 is 0 Å². The fourth-order valence-corrected chi connectivity index (χ4v) is 4.64. The number of urea groups is 1. The quantitative estimate of drug-likeness (QED) is 0.581. The van der Waals surface area contributed by atoms with Gasteiger partial charge in [0.15, 0.2) is 0 Å². The number of benzene rings is 1. The van der Waals surface area contributed by atoms with E-state index < -0.39 is 0 Å². The van der Waals surface area contributed by atoms with Crippen molar-refractivity contribution in [3.8, 4) is 11.5 Å². The van der Waals surface area contributed by atoms with E-state index in [2.05, 4.69) is 23.3 Å². The number of amides is 3. The molecule has 1 aromatic heterocycles. The molecule has 0 saturated carbocycles. The first-order chi connectivity index (χ1) is 15.4. The maximum absolute atomic E-state index is 13.3. The number of methoxy groups -OCH3 is 1. The lowest BCUT2D eigenvalue weighted by Crippen LogP contribution is -2.50. The third-order valence-corrected chi connectivity index (χ3v) is 6.24. The summed E-state index contributed by atoms with van der Waals surface area (Å²) < 4.78 is 11.3. The number of hydrogen-bond acceptors (Lipinski definition) is 5. The second-order valence-corrected chi connectivity index (χ2v) is 8.92. The van der Waals surface area contributed by atoms with Crippen LogP contribution in [0.4, 0.5) is 4.79 Å². The summed E-state index contributed by atoms with van der Waals surface area (Å²) in [7, 11) is 1.61. The van der Waals surface area contributed by atoms with Gasteiger partial charge >= 0.3 is 6.03 Å². The Bertz CT molecular complexity index is 943. The average Bonchev–Trinajstić information content (AvgIpc) is 3.25. The van der Waals surface area contributed by atoms with E-state index in [4.69, 9.17) is 9.47 Å². The first-order valence-electron chi connectivity index (χ1n) is 10.7. The summed E-state index contributed by atoms with van der Waals surface area (Å²) in [4.78, 5) is 30.4. The van der Waals surface area contributed by atoms with Crippen LogP contribution in [0.1, 0.15) is 30.3 Å². The smallest absolute Gasteiger partial charge is 0.318 e. The molecule has 0 radical (unpaired) electrons. The van der Waals surface area contributed by atoms with E-state index in [1.165, 1.54) is 9.78 Å². The summed E-state index contributed by atoms with van der Waals surface area (Å²) in [5.41, 5.74) is 1.11. The molecule has 8 heteroatoms. The van der Waals surface area contributed by atoms with Crippen molar-refractivity contribution in [3.05, 3.63) is 58.8 Å². The third-order valence-electron chi connectivity index (χ3n) is 5.24. The molecule has 0 aliphatic carbocycles. The van der Waals surface area contributed by atoms with Crippen LogP contribution in [0.3, 0.4) is 0 Å². The van der Waals surface area contributed by atoms with Crippen molar-refractivity contribution < 1.29 is 19.1 Å². The van der Waals surface area contributed by atoms with Gasteiger partial charge in [0.25, 0.3) is 0 Å². The normalized spacial score (nSPS) is 15.1. The van der Waals surface area contributed by atoms with Crippen molar-refractivity contribution >= 4 is 23.3 Å². The van der Waals surface area contributed by atoms with Gasteiger partial charge < -0.3 is 24.6 Å². The molecule has 172 valence electrons. The molecular formula is C24H31N3O4S. The van der Waals surface area contributed by atoms with Gasteiger partial charge in [-0.15, -0.1) is 17.9 Å². The van der Waals surface area contributed by atoms with Gasteiger partial charge in [-0.2, -0.15) is 0 Å². The topological polar surface area (TPSA) is 71.1 Å². The lowest BCUT2D eigenvalue weighted by atomic mass is 10.0. The van der Waals surface area contributed by atoms with Crippen LogP contribution >= 0.6 is 11.3 Å². The molecule has 1 N–H and O–H groups in total. The Morgan fingerprint density at radius 2 is 2.12 bits per heavy atom. The van der Waals surface area contributed by atoms with Crippen molar-refractivity contribution in [2.45, 2.75) is 32.4 Å². The minimum absolute atomic E-state index is 0.0142. The molecule has 1 aliphatic rings. The Morgan fingerprint density at radius 1 is 1.34 bits per heavy atom. The van der Waals surface area contributed by atoms with Crippen LogP contribution in [0.15, 0.2) is 48.4 Å². The molecule has 2 heterocycles. The van der Waals surface area contributed by atoms with E-state index in [-0.39, 0.29) is 30.6 Å². The molecule has 0 fully saturated rings. The van der Waals surface area contributed by atoms with Crippen molar-refractivity contribution in [3.63, 3.8) is 0 Å². The van der Waals surface area contributed by atoms with Crippen LogP contribution in [0.25, 0.3) is 0 Å². The zero-order valence-corrected chi connectivity index (χ0v) is 19.7. The summed E-state index contributed by atoms with van der Waals surface area (Å²) >= 11 is 1.70. The second kappa shape index (κ2) is 11.0. The Morgan fingerprint density at radius 3 is 2.84 bits per heavy atom. The van der Waals surface area contributed by atoms with E-state index in [1.54, 1.807) is 24.5 Å². The van der Waals surface area contributed by atoms with Crippen LogP contribution in [0, 0.1) is 0 Å². The van der Waals surface area contributed by atoms with Crippen molar-refractivity contribution in [2.75, 3.05) is 33.4 Å². The molecule has 0 bridgehead atoms. The Balaban J connectivity index is 1.76. The van der Waals surface area contributed by atoms with Crippen molar-refractivity contribution in [1.82, 2.24) is 15.1 Å². The zero-order valence-electron chi connectivity index (χ0n) is 18.9. The number of nitrogens with one attached hydrogen (secondary N) is 1. The molecule has 32 heavy (non-hydrogen) atoms. The van der Waals surface area contributed by atoms with E-state index in [9.17, 15) is 9.59 Å². The van der Waals surface area contributed by atoms with Crippen LogP contribution in [0.5, 0.6) is 11.5 Å². The SMILES string of the molecule is C=CCN(CC(=O)N1CCc2sccc2[C@H]1COc1cccc(OC)c1)C(=O)NC(C)C. The Labute approximate surface area is 193 Å². The molecule has 1 aromatic carbocycles. The summed E-state index contributed by atoms with van der Waals surface area (Å²) in [5.74, 6) is 1.29. The highest BCUT2D eigenvalue weighted by atomic mass is 32.1. The molecule has 1 aliphatic heterocycles.